The number of rotatable bonds is 7. The first-order valence-corrected chi connectivity index (χ1v) is 20.4. The number of ether oxygens (including phenoxy) is 3. The number of amides is 3. The number of fused-ring (bicyclic) bond motifs is 5. The molecule has 1 unspecified atom stereocenters. The van der Waals surface area contributed by atoms with Gasteiger partial charge in [0.25, 0.3) is 5.91 Å². The van der Waals surface area contributed by atoms with Crippen LogP contribution in [0.4, 0.5) is 0 Å². The van der Waals surface area contributed by atoms with Crippen LogP contribution < -0.4 is 24.8 Å². The van der Waals surface area contributed by atoms with Crippen molar-refractivity contribution in [2.75, 3.05) is 20.4 Å². The summed E-state index contributed by atoms with van der Waals surface area (Å²) in [7, 11) is -2.28. The number of sulfonamides is 1. The van der Waals surface area contributed by atoms with Crippen molar-refractivity contribution < 1.29 is 37.0 Å². The number of methoxy groups -OCH3 is 1. The maximum Gasteiger partial charge on any atom is 0.259 e. The standard InChI is InChI=1S/C38H52N6O8S/c1-6-23-19-38(23,36(47)43-53(48,49)26-13-14-26)42-33(45)30-18-25-20-44(30)35(46)32(37(2,3)4)39-21-51-31-16-22(31)10-8-7-9-11-28-34(52-25)41-29-17-24(50-5)12-15-27(29)40-28/h6,12,15,17,22-23,25-26,30-32,39H,1,7-11,13-14,16,18-21H2,2-5H3,(H,42,45)(H,43,47)/t22-,23-,25-,30+,31-,32-,38?/m1/s1. The summed E-state index contributed by atoms with van der Waals surface area (Å²) in [5, 5.41) is 5.59. The average molecular weight is 753 g/mol. The number of carbonyl (C=O) groups is 3. The number of hydrogen-bond donors (Lipinski definition) is 3. The van der Waals surface area contributed by atoms with E-state index in [9.17, 15) is 22.8 Å². The molecule has 7 rings (SSSR count). The lowest BCUT2D eigenvalue weighted by molar-refractivity contribution is -0.143. The van der Waals surface area contributed by atoms with Gasteiger partial charge in [-0.3, -0.25) is 24.4 Å². The summed E-state index contributed by atoms with van der Waals surface area (Å²) >= 11 is 0. The minimum absolute atomic E-state index is 0.0775. The van der Waals surface area contributed by atoms with E-state index in [1.807, 2.05) is 32.9 Å². The van der Waals surface area contributed by atoms with Crippen molar-refractivity contribution in [3.05, 3.63) is 36.5 Å². The summed E-state index contributed by atoms with van der Waals surface area (Å²) in [5.74, 6) is -0.668. The molecule has 1 saturated heterocycles. The van der Waals surface area contributed by atoms with Crippen LogP contribution in [-0.4, -0.2) is 96.5 Å². The largest absolute Gasteiger partial charge is 0.497 e. The molecular weight excluding hydrogens is 701 g/mol. The van der Waals surface area contributed by atoms with Crippen molar-refractivity contribution in [1.29, 1.82) is 0 Å². The molecule has 2 bridgehead atoms. The average Bonchev–Trinajstić information content (AvgIpc) is 4.03. The SMILES string of the molecule is C=C[C@@H]1CC1(NC(=O)[C@@H]1C[C@@H]2CN1C(=O)[C@H](C(C)(C)C)NCO[C@@H]1C[C@H]1CCCCCc1nc3ccc(OC)cc3nc1O2)C(=O)NS(=O)(=O)C1CC1. The van der Waals surface area contributed by atoms with Gasteiger partial charge in [0.05, 0.1) is 48.8 Å². The third-order valence-electron chi connectivity index (χ3n) is 11.3. The van der Waals surface area contributed by atoms with Crippen LogP contribution in [0.3, 0.4) is 0 Å². The van der Waals surface area contributed by atoms with E-state index in [1.54, 1.807) is 19.3 Å². The van der Waals surface area contributed by atoms with Crippen molar-refractivity contribution in [3.8, 4) is 11.6 Å². The molecular formula is C38H52N6O8S. The maximum atomic E-state index is 14.6. The zero-order valence-electron chi connectivity index (χ0n) is 31.1. The Morgan fingerprint density at radius 3 is 2.60 bits per heavy atom. The van der Waals surface area contributed by atoms with E-state index >= 15 is 0 Å². The van der Waals surface area contributed by atoms with Gasteiger partial charge in [0, 0.05) is 18.4 Å². The number of carbonyl (C=O) groups excluding carboxylic acids is 3. The molecule has 3 N–H and O–H groups in total. The van der Waals surface area contributed by atoms with E-state index in [1.165, 1.54) is 4.90 Å². The second-order valence-corrected chi connectivity index (χ2v) is 18.4. The van der Waals surface area contributed by atoms with Crippen molar-refractivity contribution in [3.63, 3.8) is 0 Å². The van der Waals surface area contributed by atoms with Crippen molar-refractivity contribution >= 4 is 38.8 Å². The van der Waals surface area contributed by atoms with Gasteiger partial charge < -0.3 is 24.4 Å². The monoisotopic (exact) mass is 752 g/mol. The molecule has 0 spiro atoms. The highest BCUT2D eigenvalue weighted by Crippen LogP contribution is 2.46. The molecule has 5 aliphatic rings. The van der Waals surface area contributed by atoms with Crippen LogP contribution in [0, 0.1) is 17.3 Å². The van der Waals surface area contributed by atoms with E-state index in [-0.39, 0.29) is 38.1 Å². The third-order valence-corrected chi connectivity index (χ3v) is 13.1. The molecule has 14 nitrogen and oxygen atoms in total. The molecule has 53 heavy (non-hydrogen) atoms. The van der Waals surface area contributed by atoms with Gasteiger partial charge in [-0.15, -0.1) is 6.58 Å². The zero-order valence-corrected chi connectivity index (χ0v) is 31.9. The van der Waals surface area contributed by atoms with Gasteiger partial charge in [-0.05, 0) is 68.4 Å². The summed E-state index contributed by atoms with van der Waals surface area (Å²) in [6, 6.07) is 3.77. The predicted octanol–water partition coefficient (Wildman–Crippen LogP) is 3.14. The number of aryl methyl sites for hydroxylation is 1. The highest BCUT2D eigenvalue weighted by Gasteiger charge is 2.62. The van der Waals surface area contributed by atoms with E-state index in [2.05, 4.69) is 21.9 Å². The summed E-state index contributed by atoms with van der Waals surface area (Å²) < 4.78 is 45.9. The number of nitrogens with zero attached hydrogens (tertiary/aromatic N) is 3. The second kappa shape index (κ2) is 14.4. The topological polar surface area (TPSA) is 178 Å². The van der Waals surface area contributed by atoms with Crippen LogP contribution in [0.5, 0.6) is 11.6 Å². The summed E-state index contributed by atoms with van der Waals surface area (Å²) in [4.78, 5) is 53.8. The molecule has 3 heterocycles. The van der Waals surface area contributed by atoms with Gasteiger partial charge in [-0.1, -0.05) is 39.7 Å². The fourth-order valence-corrected chi connectivity index (χ4v) is 9.13. The number of nitrogens with one attached hydrogen (secondary N) is 3. The van der Waals surface area contributed by atoms with Gasteiger partial charge in [-0.25, -0.2) is 18.4 Å². The molecule has 15 heteroatoms. The Morgan fingerprint density at radius 2 is 1.91 bits per heavy atom. The molecule has 3 amide bonds. The van der Waals surface area contributed by atoms with Crippen LogP contribution in [0.2, 0.25) is 0 Å². The summed E-state index contributed by atoms with van der Waals surface area (Å²) in [6.07, 6.45) is 8.04. The van der Waals surface area contributed by atoms with Gasteiger partial charge >= 0.3 is 0 Å². The molecule has 3 aliphatic carbocycles. The van der Waals surface area contributed by atoms with Crippen molar-refractivity contribution in [1.82, 2.24) is 30.2 Å². The Balaban J connectivity index is 1.20. The first kappa shape index (κ1) is 37.5. The Morgan fingerprint density at radius 1 is 1.11 bits per heavy atom. The Bertz CT molecular complexity index is 1880. The van der Waals surface area contributed by atoms with Crippen LogP contribution in [0.1, 0.15) is 84.3 Å². The van der Waals surface area contributed by atoms with Crippen LogP contribution in [-0.2, 0) is 35.6 Å². The molecule has 0 radical (unpaired) electrons. The fourth-order valence-electron chi connectivity index (χ4n) is 7.76. The van der Waals surface area contributed by atoms with Gasteiger partial charge in [0.1, 0.15) is 29.1 Å². The normalized spacial score (nSPS) is 30.9. The van der Waals surface area contributed by atoms with Crippen LogP contribution in [0.15, 0.2) is 30.9 Å². The van der Waals surface area contributed by atoms with E-state index in [0.29, 0.717) is 53.5 Å². The maximum absolute atomic E-state index is 14.6. The molecule has 1 aromatic carbocycles. The summed E-state index contributed by atoms with van der Waals surface area (Å²) in [6.45, 7) is 9.95. The molecule has 288 valence electrons. The van der Waals surface area contributed by atoms with Gasteiger partial charge in [0.2, 0.25) is 27.7 Å². The fraction of sp³-hybridized carbons (Fsp3) is 0.658. The van der Waals surface area contributed by atoms with Gasteiger partial charge in [0.15, 0.2) is 0 Å². The highest BCUT2D eigenvalue weighted by molar-refractivity contribution is 7.91. The quantitative estimate of drug-likeness (QED) is 0.354. The molecule has 3 saturated carbocycles. The second-order valence-electron chi connectivity index (χ2n) is 16.4. The molecule has 2 aliphatic heterocycles. The van der Waals surface area contributed by atoms with Gasteiger partial charge in [-0.2, -0.15) is 0 Å². The Kier molecular flexibility index (Phi) is 10.2. The van der Waals surface area contributed by atoms with E-state index in [0.717, 1.165) is 32.1 Å². The van der Waals surface area contributed by atoms with E-state index in [4.69, 9.17) is 24.2 Å². The first-order chi connectivity index (χ1) is 25.2. The third kappa shape index (κ3) is 8.02. The lowest BCUT2D eigenvalue weighted by atomic mass is 9.85. The lowest BCUT2D eigenvalue weighted by Crippen LogP contribution is -2.59. The number of hydrogen-bond acceptors (Lipinski definition) is 11. The molecule has 7 atom stereocenters. The Hall–Kier alpha value is -3.82. The van der Waals surface area contributed by atoms with Crippen LogP contribution >= 0.6 is 0 Å². The van der Waals surface area contributed by atoms with E-state index < -0.39 is 62.1 Å². The van der Waals surface area contributed by atoms with Crippen molar-refractivity contribution in [2.24, 2.45) is 17.3 Å². The minimum Gasteiger partial charge on any atom is -0.497 e. The summed E-state index contributed by atoms with van der Waals surface area (Å²) in [5.41, 5.74) is -0.0339. The lowest BCUT2D eigenvalue weighted by Gasteiger charge is -2.35. The number of aromatic nitrogens is 2. The van der Waals surface area contributed by atoms with Crippen molar-refractivity contribution in [2.45, 2.75) is 120 Å². The molecule has 1 aromatic heterocycles. The smallest absolute Gasteiger partial charge is 0.259 e. The highest BCUT2D eigenvalue weighted by atomic mass is 32.2. The minimum atomic E-state index is -3.86. The number of benzene rings is 1. The molecule has 2 aromatic rings. The zero-order chi connectivity index (χ0) is 37.7. The van der Waals surface area contributed by atoms with Crippen LogP contribution in [0.25, 0.3) is 11.0 Å². The first-order valence-electron chi connectivity index (χ1n) is 18.9. The predicted molar refractivity (Wildman–Crippen MR) is 196 cm³/mol. The Labute approximate surface area is 311 Å². The molecule has 4 fully saturated rings.